The Kier molecular flexibility index (Phi) is 1.29. The summed E-state index contributed by atoms with van der Waals surface area (Å²) in [6.07, 6.45) is 0. The molecule has 1 atom stereocenters. The molecule has 0 radical (unpaired) electrons. The van der Waals surface area contributed by atoms with Crippen molar-refractivity contribution in [2.24, 2.45) is 0 Å². The average molecular weight is 167 g/mol. The summed E-state index contributed by atoms with van der Waals surface area (Å²) in [6.45, 7) is 2.05. The molecular weight excluding hydrogens is 158 g/mol. The Hall–Kier alpha value is -0.830. The fourth-order valence-electron chi connectivity index (χ4n) is 1.38. The first-order valence-corrected chi connectivity index (χ1v) is 4.49. The molecule has 2 rings (SSSR count). The lowest BCUT2D eigenvalue weighted by Crippen LogP contribution is -2.21. The standard InChI is InChI=1S/C8H9NOS/c1-5-6-3-11-4-7(6)8(10)9(5)2/h3-5H,1-2H3. The monoisotopic (exact) mass is 167 g/mol. The molecule has 0 aromatic carbocycles. The number of hydrogen-bond donors (Lipinski definition) is 0. The predicted molar refractivity (Wildman–Crippen MR) is 44.8 cm³/mol. The van der Waals surface area contributed by atoms with Gasteiger partial charge in [-0.1, -0.05) is 0 Å². The molecule has 58 valence electrons. The van der Waals surface area contributed by atoms with Gasteiger partial charge in [-0.3, -0.25) is 4.79 Å². The first kappa shape index (κ1) is 6.85. The van der Waals surface area contributed by atoms with Gasteiger partial charge in [0, 0.05) is 12.4 Å². The van der Waals surface area contributed by atoms with Gasteiger partial charge in [0.05, 0.1) is 11.6 Å². The van der Waals surface area contributed by atoms with Crippen LogP contribution in [0.5, 0.6) is 0 Å². The fourth-order valence-corrected chi connectivity index (χ4v) is 2.29. The van der Waals surface area contributed by atoms with E-state index in [0.29, 0.717) is 0 Å². The van der Waals surface area contributed by atoms with Gasteiger partial charge in [-0.25, -0.2) is 0 Å². The molecule has 11 heavy (non-hydrogen) atoms. The minimum atomic E-state index is 0.161. The van der Waals surface area contributed by atoms with Crippen molar-refractivity contribution in [1.82, 2.24) is 4.90 Å². The van der Waals surface area contributed by atoms with E-state index in [0.717, 1.165) is 5.56 Å². The van der Waals surface area contributed by atoms with Crippen molar-refractivity contribution in [2.75, 3.05) is 7.05 Å². The number of amides is 1. The van der Waals surface area contributed by atoms with Gasteiger partial charge in [-0.05, 0) is 17.9 Å². The molecule has 2 nitrogen and oxygen atoms in total. The third-order valence-electron chi connectivity index (χ3n) is 2.27. The van der Waals surface area contributed by atoms with Crippen LogP contribution >= 0.6 is 11.3 Å². The highest BCUT2D eigenvalue weighted by Gasteiger charge is 2.31. The highest BCUT2D eigenvalue weighted by molar-refractivity contribution is 7.08. The van der Waals surface area contributed by atoms with Crippen LogP contribution in [0.1, 0.15) is 28.9 Å². The molecular formula is C8H9NOS. The van der Waals surface area contributed by atoms with E-state index in [4.69, 9.17) is 0 Å². The molecule has 3 heteroatoms. The van der Waals surface area contributed by atoms with E-state index in [1.54, 1.807) is 16.2 Å². The lowest BCUT2D eigenvalue weighted by molar-refractivity contribution is 0.0784. The third kappa shape index (κ3) is 0.744. The Bertz CT molecular complexity index is 305. The van der Waals surface area contributed by atoms with Gasteiger partial charge in [0.2, 0.25) is 0 Å². The van der Waals surface area contributed by atoms with Crippen molar-refractivity contribution in [3.63, 3.8) is 0 Å². The zero-order valence-electron chi connectivity index (χ0n) is 6.50. The second-order valence-electron chi connectivity index (χ2n) is 2.83. The van der Waals surface area contributed by atoms with Gasteiger partial charge in [-0.15, -0.1) is 0 Å². The molecule has 0 aliphatic carbocycles. The highest BCUT2D eigenvalue weighted by atomic mass is 32.1. The molecule has 0 N–H and O–H groups in total. The lowest BCUT2D eigenvalue weighted by atomic mass is 10.1. The van der Waals surface area contributed by atoms with E-state index in [9.17, 15) is 4.79 Å². The van der Waals surface area contributed by atoms with Crippen molar-refractivity contribution in [3.05, 3.63) is 21.9 Å². The van der Waals surface area contributed by atoms with Gasteiger partial charge in [0.15, 0.2) is 0 Å². The maximum absolute atomic E-state index is 11.4. The normalized spacial score (nSPS) is 22.5. The number of thiophene rings is 1. The summed E-state index contributed by atoms with van der Waals surface area (Å²) < 4.78 is 0. The Morgan fingerprint density at radius 2 is 2.27 bits per heavy atom. The van der Waals surface area contributed by atoms with Crippen LogP contribution in [-0.4, -0.2) is 17.9 Å². The summed E-state index contributed by atoms with van der Waals surface area (Å²) in [6, 6.07) is 0.267. The minimum Gasteiger partial charge on any atom is -0.335 e. The van der Waals surface area contributed by atoms with Crippen LogP contribution in [0, 0.1) is 0 Å². The molecule has 1 unspecified atom stereocenters. The van der Waals surface area contributed by atoms with E-state index in [-0.39, 0.29) is 11.9 Å². The van der Waals surface area contributed by atoms with Gasteiger partial charge in [-0.2, -0.15) is 11.3 Å². The molecule has 1 aliphatic heterocycles. The molecule has 0 spiro atoms. The summed E-state index contributed by atoms with van der Waals surface area (Å²) in [7, 11) is 1.84. The molecule has 0 saturated heterocycles. The minimum absolute atomic E-state index is 0.161. The SMILES string of the molecule is CC1c2cscc2C(=O)N1C. The maximum atomic E-state index is 11.4. The van der Waals surface area contributed by atoms with Crippen LogP contribution in [-0.2, 0) is 0 Å². The van der Waals surface area contributed by atoms with Crippen LogP contribution in [0.4, 0.5) is 0 Å². The van der Waals surface area contributed by atoms with E-state index >= 15 is 0 Å². The van der Waals surface area contributed by atoms with Crippen molar-refractivity contribution < 1.29 is 4.79 Å². The number of fused-ring (bicyclic) bond motifs is 1. The Labute approximate surface area is 69.4 Å². The topological polar surface area (TPSA) is 20.3 Å². The van der Waals surface area contributed by atoms with E-state index < -0.39 is 0 Å². The van der Waals surface area contributed by atoms with Gasteiger partial charge >= 0.3 is 0 Å². The first-order valence-electron chi connectivity index (χ1n) is 3.55. The second-order valence-corrected chi connectivity index (χ2v) is 3.58. The number of carbonyl (C=O) groups excluding carboxylic acids is 1. The summed E-state index contributed by atoms with van der Waals surface area (Å²) >= 11 is 1.60. The van der Waals surface area contributed by atoms with Crippen LogP contribution in [0.15, 0.2) is 10.8 Å². The maximum Gasteiger partial charge on any atom is 0.255 e. The smallest absolute Gasteiger partial charge is 0.255 e. The summed E-state index contributed by atoms with van der Waals surface area (Å²) in [5, 5.41) is 3.99. The number of nitrogens with zero attached hydrogens (tertiary/aromatic N) is 1. The third-order valence-corrected chi connectivity index (χ3v) is 3.04. The van der Waals surface area contributed by atoms with E-state index in [1.807, 2.05) is 12.4 Å². The van der Waals surface area contributed by atoms with Gasteiger partial charge in [0.25, 0.3) is 5.91 Å². The molecule has 1 aliphatic rings. The number of rotatable bonds is 0. The Morgan fingerprint density at radius 1 is 1.55 bits per heavy atom. The number of hydrogen-bond acceptors (Lipinski definition) is 2. The van der Waals surface area contributed by atoms with E-state index in [1.165, 1.54) is 5.56 Å². The zero-order valence-corrected chi connectivity index (χ0v) is 7.31. The largest absolute Gasteiger partial charge is 0.335 e. The Balaban J connectivity index is 2.56. The van der Waals surface area contributed by atoms with Crippen molar-refractivity contribution >= 4 is 17.2 Å². The molecule has 1 aromatic heterocycles. The van der Waals surface area contributed by atoms with Crippen LogP contribution in [0.2, 0.25) is 0 Å². The average Bonchev–Trinajstić information content (AvgIpc) is 2.53. The zero-order chi connectivity index (χ0) is 8.01. The van der Waals surface area contributed by atoms with Crippen molar-refractivity contribution in [1.29, 1.82) is 0 Å². The Morgan fingerprint density at radius 3 is 2.91 bits per heavy atom. The molecule has 0 saturated carbocycles. The fraction of sp³-hybridized carbons (Fsp3) is 0.375. The first-order chi connectivity index (χ1) is 5.22. The van der Waals surface area contributed by atoms with Crippen LogP contribution in [0.25, 0.3) is 0 Å². The molecule has 2 heterocycles. The highest BCUT2D eigenvalue weighted by Crippen LogP contribution is 2.33. The number of carbonyl (C=O) groups is 1. The van der Waals surface area contributed by atoms with Gasteiger partial charge < -0.3 is 4.90 Å². The van der Waals surface area contributed by atoms with Crippen molar-refractivity contribution in [3.8, 4) is 0 Å². The summed E-state index contributed by atoms with van der Waals surface area (Å²) in [4.78, 5) is 13.2. The second kappa shape index (κ2) is 2.08. The molecule has 0 bridgehead atoms. The summed E-state index contributed by atoms with van der Waals surface area (Å²) in [5.74, 6) is 0.161. The van der Waals surface area contributed by atoms with E-state index in [2.05, 4.69) is 12.3 Å². The molecule has 0 fully saturated rings. The quantitative estimate of drug-likeness (QED) is 0.578. The lowest BCUT2D eigenvalue weighted by Gasteiger charge is -2.14. The predicted octanol–water partition coefficient (Wildman–Crippen LogP) is 1.89. The summed E-state index contributed by atoms with van der Waals surface area (Å²) in [5.41, 5.74) is 2.08. The van der Waals surface area contributed by atoms with Crippen molar-refractivity contribution in [2.45, 2.75) is 13.0 Å². The van der Waals surface area contributed by atoms with Gasteiger partial charge in [0.1, 0.15) is 0 Å². The van der Waals surface area contributed by atoms with Crippen LogP contribution < -0.4 is 0 Å². The van der Waals surface area contributed by atoms with Crippen LogP contribution in [0.3, 0.4) is 0 Å². The molecule has 1 aromatic rings. The molecule has 1 amide bonds.